The van der Waals surface area contributed by atoms with Crippen molar-refractivity contribution in [3.05, 3.63) is 35.4 Å². The maximum Gasteiger partial charge on any atom is 0.184 e. The van der Waals surface area contributed by atoms with Crippen LogP contribution in [-0.4, -0.2) is 15.2 Å². The van der Waals surface area contributed by atoms with Crippen LogP contribution in [0.25, 0.3) is 11.4 Å². The molecule has 0 aliphatic rings. The van der Waals surface area contributed by atoms with Gasteiger partial charge in [0.2, 0.25) is 0 Å². The minimum absolute atomic E-state index is 0.246. The number of aryl methyl sites for hydroxylation is 2. The summed E-state index contributed by atoms with van der Waals surface area (Å²) in [6, 6.07) is 5.24. The molecular weight excluding hydrogens is 205 g/mol. The van der Waals surface area contributed by atoms with Gasteiger partial charge in [-0.1, -0.05) is 19.1 Å². The topological polar surface area (TPSA) is 41.6 Å². The Bertz CT molecular complexity index is 491. The van der Waals surface area contributed by atoms with Gasteiger partial charge >= 0.3 is 0 Å². The first-order chi connectivity index (χ1) is 7.72. The molecule has 0 saturated heterocycles. The molecule has 1 aromatic carbocycles. The molecule has 0 fully saturated rings. The van der Waals surface area contributed by atoms with E-state index in [-0.39, 0.29) is 5.82 Å². The van der Waals surface area contributed by atoms with Gasteiger partial charge in [-0.25, -0.2) is 9.37 Å². The number of nitrogens with one attached hydrogen (secondary N) is 1. The summed E-state index contributed by atoms with van der Waals surface area (Å²) in [4.78, 5) is 4.27. The van der Waals surface area contributed by atoms with Crippen LogP contribution in [0.4, 0.5) is 4.39 Å². The highest BCUT2D eigenvalue weighted by Crippen LogP contribution is 2.21. The Balaban J connectivity index is 2.39. The monoisotopic (exact) mass is 219 g/mol. The lowest BCUT2D eigenvalue weighted by atomic mass is 10.1. The van der Waals surface area contributed by atoms with Crippen molar-refractivity contribution < 1.29 is 4.39 Å². The molecule has 84 valence electrons. The normalized spacial score (nSPS) is 10.7. The molecular formula is C12H14FN3. The number of nitrogens with zero attached hydrogens (tertiary/aromatic N) is 2. The highest BCUT2D eigenvalue weighted by molar-refractivity contribution is 5.56. The summed E-state index contributed by atoms with van der Waals surface area (Å²) in [6.45, 7) is 3.80. The standard InChI is InChI=1S/C12H14FN3/c1-3-5-10-14-12(16-15-10)9-7-4-6-8(2)11(9)13/h4,6-7H,3,5H2,1-2H3,(H,14,15,16). The van der Waals surface area contributed by atoms with E-state index in [1.54, 1.807) is 19.1 Å². The van der Waals surface area contributed by atoms with Gasteiger partial charge in [0.05, 0.1) is 5.56 Å². The van der Waals surface area contributed by atoms with Crippen molar-refractivity contribution in [3.8, 4) is 11.4 Å². The Kier molecular flexibility index (Phi) is 2.99. The van der Waals surface area contributed by atoms with Crippen LogP contribution in [0.1, 0.15) is 24.7 Å². The number of aromatic nitrogens is 3. The molecule has 2 aromatic rings. The molecule has 0 bridgehead atoms. The molecule has 0 radical (unpaired) electrons. The lowest BCUT2D eigenvalue weighted by molar-refractivity contribution is 0.621. The predicted molar refractivity (Wildman–Crippen MR) is 60.5 cm³/mol. The molecule has 0 amide bonds. The number of H-pyrrole nitrogens is 1. The Morgan fingerprint density at radius 1 is 1.38 bits per heavy atom. The molecule has 0 aliphatic heterocycles. The van der Waals surface area contributed by atoms with Gasteiger partial charge in [-0.05, 0) is 25.0 Å². The first-order valence-electron chi connectivity index (χ1n) is 5.39. The predicted octanol–water partition coefficient (Wildman–Crippen LogP) is 2.87. The lowest BCUT2D eigenvalue weighted by Crippen LogP contribution is -1.90. The largest absolute Gasteiger partial charge is 0.263 e. The van der Waals surface area contributed by atoms with Gasteiger partial charge in [-0.2, -0.15) is 5.10 Å². The molecule has 1 aromatic heterocycles. The van der Waals surface area contributed by atoms with Crippen LogP contribution < -0.4 is 0 Å². The van der Waals surface area contributed by atoms with Crippen molar-refractivity contribution >= 4 is 0 Å². The molecule has 4 heteroatoms. The molecule has 0 atom stereocenters. The second-order valence-corrected chi connectivity index (χ2v) is 3.79. The highest BCUT2D eigenvalue weighted by Gasteiger charge is 2.11. The maximum absolute atomic E-state index is 13.8. The van der Waals surface area contributed by atoms with Crippen molar-refractivity contribution in [2.24, 2.45) is 0 Å². The molecule has 0 saturated carbocycles. The zero-order chi connectivity index (χ0) is 11.5. The van der Waals surface area contributed by atoms with E-state index in [9.17, 15) is 4.39 Å². The van der Waals surface area contributed by atoms with Crippen LogP contribution in [-0.2, 0) is 6.42 Å². The summed E-state index contributed by atoms with van der Waals surface area (Å²) < 4.78 is 13.8. The highest BCUT2D eigenvalue weighted by atomic mass is 19.1. The number of hydrogen-bond donors (Lipinski definition) is 1. The van der Waals surface area contributed by atoms with Gasteiger partial charge in [0.15, 0.2) is 5.82 Å². The average molecular weight is 219 g/mol. The van der Waals surface area contributed by atoms with Crippen LogP contribution in [0.5, 0.6) is 0 Å². The Hall–Kier alpha value is -1.71. The van der Waals surface area contributed by atoms with Crippen molar-refractivity contribution in [2.45, 2.75) is 26.7 Å². The third-order valence-corrected chi connectivity index (χ3v) is 2.45. The fourth-order valence-electron chi connectivity index (χ4n) is 1.58. The quantitative estimate of drug-likeness (QED) is 0.862. The SMILES string of the molecule is CCCc1nc(-c2cccc(C)c2F)n[nH]1. The fourth-order valence-corrected chi connectivity index (χ4v) is 1.58. The summed E-state index contributed by atoms with van der Waals surface area (Å²) in [7, 11) is 0. The zero-order valence-corrected chi connectivity index (χ0v) is 9.42. The first kappa shape index (κ1) is 10.8. The summed E-state index contributed by atoms with van der Waals surface area (Å²) in [5.41, 5.74) is 1.07. The maximum atomic E-state index is 13.8. The first-order valence-corrected chi connectivity index (χ1v) is 5.39. The van der Waals surface area contributed by atoms with E-state index in [2.05, 4.69) is 22.1 Å². The van der Waals surface area contributed by atoms with Gasteiger partial charge in [0.25, 0.3) is 0 Å². The van der Waals surface area contributed by atoms with Crippen LogP contribution in [0.3, 0.4) is 0 Å². The second kappa shape index (κ2) is 4.43. The Morgan fingerprint density at radius 3 is 2.94 bits per heavy atom. The molecule has 3 nitrogen and oxygen atoms in total. The minimum atomic E-state index is -0.246. The van der Waals surface area contributed by atoms with Crippen molar-refractivity contribution in [3.63, 3.8) is 0 Å². The van der Waals surface area contributed by atoms with Gasteiger partial charge in [-0.3, -0.25) is 5.10 Å². The number of benzene rings is 1. The van der Waals surface area contributed by atoms with E-state index in [0.29, 0.717) is 17.0 Å². The molecule has 0 unspecified atom stereocenters. The van der Waals surface area contributed by atoms with Crippen LogP contribution in [0, 0.1) is 12.7 Å². The molecule has 16 heavy (non-hydrogen) atoms. The summed E-state index contributed by atoms with van der Waals surface area (Å²) in [5.74, 6) is 0.993. The molecule has 0 spiro atoms. The van der Waals surface area contributed by atoms with Crippen LogP contribution >= 0.6 is 0 Å². The van der Waals surface area contributed by atoms with Gasteiger partial charge in [0.1, 0.15) is 11.6 Å². The lowest BCUT2D eigenvalue weighted by Gasteiger charge is -2.00. The smallest absolute Gasteiger partial charge is 0.184 e. The molecule has 2 rings (SSSR count). The van der Waals surface area contributed by atoms with Gasteiger partial charge in [0, 0.05) is 6.42 Å². The summed E-state index contributed by atoms with van der Waals surface area (Å²) >= 11 is 0. The van der Waals surface area contributed by atoms with E-state index < -0.39 is 0 Å². The van der Waals surface area contributed by atoms with E-state index in [4.69, 9.17) is 0 Å². The third kappa shape index (κ3) is 1.96. The van der Waals surface area contributed by atoms with Crippen molar-refractivity contribution in [2.75, 3.05) is 0 Å². The van der Waals surface area contributed by atoms with Crippen molar-refractivity contribution in [1.29, 1.82) is 0 Å². The third-order valence-electron chi connectivity index (χ3n) is 2.45. The van der Waals surface area contributed by atoms with Gasteiger partial charge < -0.3 is 0 Å². The Labute approximate surface area is 93.7 Å². The summed E-state index contributed by atoms with van der Waals surface area (Å²) in [6.07, 6.45) is 1.82. The second-order valence-electron chi connectivity index (χ2n) is 3.79. The number of rotatable bonds is 3. The average Bonchev–Trinajstić information content (AvgIpc) is 2.71. The van der Waals surface area contributed by atoms with Crippen LogP contribution in [0.2, 0.25) is 0 Å². The molecule has 1 N–H and O–H groups in total. The van der Waals surface area contributed by atoms with E-state index in [1.165, 1.54) is 0 Å². The Morgan fingerprint density at radius 2 is 2.19 bits per heavy atom. The number of halogens is 1. The van der Waals surface area contributed by atoms with E-state index in [0.717, 1.165) is 18.7 Å². The van der Waals surface area contributed by atoms with Crippen molar-refractivity contribution in [1.82, 2.24) is 15.2 Å². The van der Waals surface area contributed by atoms with E-state index in [1.807, 2.05) is 6.07 Å². The van der Waals surface area contributed by atoms with Gasteiger partial charge in [-0.15, -0.1) is 0 Å². The fraction of sp³-hybridized carbons (Fsp3) is 0.333. The number of aromatic amines is 1. The summed E-state index contributed by atoms with van der Waals surface area (Å²) in [5, 5.41) is 6.85. The number of hydrogen-bond acceptors (Lipinski definition) is 2. The molecule has 0 aliphatic carbocycles. The van der Waals surface area contributed by atoms with E-state index >= 15 is 0 Å². The minimum Gasteiger partial charge on any atom is -0.263 e. The molecule has 1 heterocycles. The zero-order valence-electron chi connectivity index (χ0n) is 9.42. The van der Waals surface area contributed by atoms with Crippen LogP contribution in [0.15, 0.2) is 18.2 Å².